The Morgan fingerprint density at radius 1 is 1.22 bits per heavy atom. The van der Waals surface area contributed by atoms with Gasteiger partial charge in [-0.15, -0.1) is 0 Å². The van der Waals surface area contributed by atoms with Gasteiger partial charge in [-0.25, -0.2) is 9.53 Å². The summed E-state index contributed by atoms with van der Waals surface area (Å²) in [6.07, 6.45) is 2.26. The third-order valence-corrected chi connectivity index (χ3v) is 2.81. The molecule has 0 radical (unpaired) electrons. The van der Waals surface area contributed by atoms with Crippen molar-refractivity contribution in [2.24, 2.45) is 0 Å². The van der Waals surface area contributed by atoms with Gasteiger partial charge in [0.1, 0.15) is 0 Å². The van der Waals surface area contributed by atoms with Crippen molar-refractivity contribution in [3.63, 3.8) is 0 Å². The minimum atomic E-state index is -0.298. The van der Waals surface area contributed by atoms with Crippen molar-refractivity contribution >= 4 is 5.69 Å². The van der Waals surface area contributed by atoms with Gasteiger partial charge in [-0.05, 0) is 32.4 Å². The van der Waals surface area contributed by atoms with E-state index in [1.54, 1.807) is 10.9 Å². The number of anilines is 1. The highest BCUT2D eigenvalue weighted by Gasteiger charge is 2.18. The molecule has 0 aliphatic heterocycles. The second-order valence-electron chi connectivity index (χ2n) is 5.41. The fourth-order valence-corrected chi connectivity index (χ4v) is 1.72. The molecule has 0 atom stereocenters. The van der Waals surface area contributed by atoms with Crippen LogP contribution in [0.15, 0.2) is 39.8 Å². The topological polar surface area (TPSA) is 61.2 Å². The van der Waals surface area contributed by atoms with E-state index in [2.05, 4.69) is 0 Å². The molecule has 0 spiro atoms. The maximum atomic E-state index is 11.8. The lowest BCUT2D eigenvalue weighted by molar-refractivity contribution is 0.154. The van der Waals surface area contributed by atoms with Crippen molar-refractivity contribution in [2.75, 3.05) is 5.73 Å². The first-order valence-electron chi connectivity index (χ1n) is 5.93. The average molecular weight is 246 g/mol. The Morgan fingerprint density at radius 2 is 1.89 bits per heavy atom. The minimum absolute atomic E-state index is 0.236. The van der Waals surface area contributed by atoms with Crippen LogP contribution in [0, 0.1) is 0 Å². The van der Waals surface area contributed by atoms with Crippen LogP contribution in [0.3, 0.4) is 0 Å². The molecule has 2 rings (SSSR count). The summed E-state index contributed by atoms with van der Waals surface area (Å²) in [6, 6.07) is 7.54. The Morgan fingerprint density at radius 3 is 2.44 bits per heavy atom. The molecule has 0 aliphatic rings. The first-order chi connectivity index (χ1) is 8.38. The summed E-state index contributed by atoms with van der Waals surface area (Å²) in [6.45, 7) is 5.95. The van der Waals surface area contributed by atoms with Gasteiger partial charge in [0.05, 0.1) is 17.3 Å². The van der Waals surface area contributed by atoms with E-state index >= 15 is 0 Å². The Hall–Kier alpha value is -1.97. The molecule has 96 valence electrons. The number of benzene rings is 1. The van der Waals surface area contributed by atoms with Gasteiger partial charge in [-0.1, -0.05) is 18.2 Å². The molecule has 0 amide bonds. The van der Waals surface area contributed by atoms with Gasteiger partial charge in [-0.3, -0.25) is 0 Å². The largest absolute Gasteiger partial charge is 0.398 e. The molecular weight excluding hydrogens is 228 g/mol. The van der Waals surface area contributed by atoms with Crippen molar-refractivity contribution in [2.45, 2.75) is 32.7 Å². The predicted molar refractivity (Wildman–Crippen MR) is 71.6 cm³/mol. The molecule has 2 aromatic rings. The summed E-state index contributed by atoms with van der Waals surface area (Å²) in [7, 11) is 0. The summed E-state index contributed by atoms with van der Waals surface area (Å²) in [5.74, 6) is 0. The van der Waals surface area contributed by atoms with Crippen molar-refractivity contribution in [1.29, 1.82) is 0 Å². The number of hydrogen-bond donors (Lipinski definition) is 1. The smallest absolute Gasteiger partial charge is 0.361 e. The molecule has 0 aliphatic carbocycles. The van der Waals surface area contributed by atoms with E-state index < -0.39 is 0 Å². The molecule has 0 unspecified atom stereocenters. The number of para-hydroxylation sites is 1. The molecule has 0 saturated heterocycles. The molecular formula is C14H18N2O2. The summed E-state index contributed by atoms with van der Waals surface area (Å²) in [5, 5.41) is 0. The Balaban J connectivity index is 2.34. The molecule has 4 heteroatoms. The lowest BCUT2D eigenvalue weighted by atomic mass is 10.1. The monoisotopic (exact) mass is 246 g/mol. The van der Waals surface area contributed by atoms with Gasteiger partial charge >= 0.3 is 5.63 Å². The summed E-state index contributed by atoms with van der Waals surface area (Å²) in [5.41, 5.74) is 7.60. The molecule has 0 fully saturated rings. The first kappa shape index (κ1) is 12.5. The van der Waals surface area contributed by atoms with Crippen molar-refractivity contribution in [3.05, 3.63) is 52.0 Å². The summed E-state index contributed by atoms with van der Waals surface area (Å²) < 4.78 is 6.80. The van der Waals surface area contributed by atoms with Crippen LogP contribution in [-0.2, 0) is 12.0 Å². The van der Waals surface area contributed by atoms with E-state index in [0.717, 1.165) is 5.56 Å². The molecule has 1 heterocycles. The highest BCUT2D eigenvalue weighted by molar-refractivity contribution is 5.48. The van der Waals surface area contributed by atoms with E-state index in [4.69, 9.17) is 10.3 Å². The second-order valence-corrected chi connectivity index (χ2v) is 5.41. The maximum Gasteiger partial charge on any atom is 0.361 e. The zero-order chi connectivity index (χ0) is 13.3. The molecule has 18 heavy (non-hydrogen) atoms. The second kappa shape index (κ2) is 4.37. The van der Waals surface area contributed by atoms with E-state index in [1.165, 1.54) is 0 Å². The number of nitrogens with zero attached hydrogens (tertiary/aromatic N) is 1. The van der Waals surface area contributed by atoms with Crippen LogP contribution in [0.5, 0.6) is 0 Å². The lowest BCUT2D eigenvalue weighted by Crippen LogP contribution is -2.20. The third kappa shape index (κ3) is 2.47. The van der Waals surface area contributed by atoms with Crippen LogP contribution in [0.25, 0.3) is 0 Å². The fourth-order valence-electron chi connectivity index (χ4n) is 1.72. The van der Waals surface area contributed by atoms with Crippen molar-refractivity contribution < 1.29 is 4.52 Å². The third-order valence-electron chi connectivity index (χ3n) is 2.81. The average Bonchev–Trinajstić information content (AvgIpc) is 2.63. The number of hydrogen-bond acceptors (Lipinski definition) is 3. The van der Waals surface area contributed by atoms with E-state index in [0.29, 0.717) is 17.7 Å². The first-order valence-corrected chi connectivity index (χ1v) is 5.93. The van der Waals surface area contributed by atoms with E-state index in [-0.39, 0.29) is 11.2 Å². The predicted octanol–water partition coefficient (Wildman–Crippen LogP) is 2.37. The van der Waals surface area contributed by atoms with Crippen molar-refractivity contribution in [3.8, 4) is 0 Å². The van der Waals surface area contributed by atoms with Crippen LogP contribution in [0.1, 0.15) is 31.9 Å². The normalized spacial score (nSPS) is 11.7. The molecule has 1 aromatic heterocycles. The Kier molecular flexibility index (Phi) is 3.03. The van der Waals surface area contributed by atoms with Gasteiger partial charge in [-0.2, -0.15) is 0 Å². The highest BCUT2D eigenvalue weighted by Crippen LogP contribution is 2.17. The summed E-state index contributed by atoms with van der Waals surface area (Å²) in [4.78, 5) is 11.8. The quantitative estimate of drug-likeness (QED) is 0.827. The van der Waals surface area contributed by atoms with Gasteiger partial charge in [0.25, 0.3) is 0 Å². The number of nitrogen functional groups attached to an aromatic ring is 1. The van der Waals surface area contributed by atoms with Crippen LogP contribution < -0.4 is 11.4 Å². The molecule has 4 nitrogen and oxygen atoms in total. The van der Waals surface area contributed by atoms with Crippen LogP contribution in [-0.4, -0.2) is 4.74 Å². The molecule has 0 bridgehead atoms. The van der Waals surface area contributed by atoms with Crippen LogP contribution in [0.4, 0.5) is 5.69 Å². The SMILES string of the molecule is CC(C)(C)n1cc(Cc2ccccc2N)c(=O)o1. The minimum Gasteiger partial charge on any atom is -0.398 e. The Bertz CT molecular complexity index is 603. The van der Waals surface area contributed by atoms with E-state index in [1.807, 2.05) is 45.0 Å². The van der Waals surface area contributed by atoms with Gasteiger partial charge in [0, 0.05) is 12.1 Å². The van der Waals surface area contributed by atoms with E-state index in [9.17, 15) is 4.79 Å². The number of rotatable bonds is 2. The van der Waals surface area contributed by atoms with Crippen LogP contribution in [0.2, 0.25) is 0 Å². The number of aromatic nitrogens is 1. The van der Waals surface area contributed by atoms with Gasteiger partial charge in [0.2, 0.25) is 0 Å². The van der Waals surface area contributed by atoms with Crippen molar-refractivity contribution in [1.82, 2.24) is 4.74 Å². The lowest BCUT2D eigenvalue weighted by Gasteiger charge is -2.17. The van der Waals surface area contributed by atoms with Gasteiger partial charge in [0.15, 0.2) is 0 Å². The molecule has 0 saturated carbocycles. The molecule has 2 N–H and O–H groups in total. The number of nitrogens with two attached hydrogens (primary N) is 1. The highest BCUT2D eigenvalue weighted by atomic mass is 16.5. The fraction of sp³-hybridized carbons (Fsp3) is 0.357. The standard InChI is InChI=1S/C14H18N2O2/c1-14(2,3)16-9-11(13(17)18-16)8-10-6-4-5-7-12(10)15/h4-7,9H,8,15H2,1-3H3. The maximum absolute atomic E-state index is 11.8. The zero-order valence-corrected chi connectivity index (χ0v) is 10.9. The van der Waals surface area contributed by atoms with Crippen LogP contribution >= 0.6 is 0 Å². The Labute approximate surface area is 106 Å². The summed E-state index contributed by atoms with van der Waals surface area (Å²) >= 11 is 0. The zero-order valence-electron chi connectivity index (χ0n) is 10.9. The van der Waals surface area contributed by atoms with Gasteiger partial charge < -0.3 is 10.3 Å². The molecule has 1 aromatic carbocycles.